The fourth-order valence-corrected chi connectivity index (χ4v) is 2.33. The number of nitrogens with zero attached hydrogens (tertiary/aromatic N) is 2. The maximum absolute atomic E-state index is 10.6. The molecule has 0 radical (unpaired) electrons. The topological polar surface area (TPSA) is 75.1 Å². The zero-order valence-corrected chi connectivity index (χ0v) is 12.2. The zero-order valence-electron chi connectivity index (χ0n) is 12.2. The van der Waals surface area contributed by atoms with Crippen LogP contribution < -0.4 is 5.32 Å². The highest BCUT2D eigenvalue weighted by Gasteiger charge is 2.09. The van der Waals surface area contributed by atoms with Crippen LogP contribution in [-0.4, -0.2) is 27.6 Å². The summed E-state index contributed by atoms with van der Waals surface area (Å²) in [6.07, 6.45) is 4.66. The van der Waals surface area contributed by atoms with E-state index in [4.69, 9.17) is 5.11 Å². The summed E-state index contributed by atoms with van der Waals surface area (Å²) in [4.78, 5) is 19.5. The molecule has 5 heteroatoms. The molecule has 0 spiro atoms. The van der Waals surface area contributed by atoms with Gasteiger partial charge in [0.25, 0.3) is 0 Å². The summed E-state index contributed by atoms with van der Waals surface area (Å²) in [6, 6.07) is 7.76. The van der Waals surface area contributed by atoms with Crippen LogP contribution in [0.1, 0.15) is 32.6 Å². The number of benzene rings is 1. The van der Waals surface area contributed by atoms with Crippen molar-refractivity contribution in [3.8, 4) is 0 Å². The number of aromatic nitrogens is 2. The van der Waals surface area contributed by atoms with Gasteiger partial charge in [-0.25, -0.2) is 4.98 Å². The number of carbonyl (C=O) groups is 1. The first-order chi connectivity index (χ1) is 10.2. The summed E-state index contributed by atoms with van der Waals surface area (Å²) in [5, 5.41) is 12.0. The third-order valence-corrected chi connectivity index (χ3v) is 3.65. The highest BCUT2D eigenvalue weighted by molar-refractivity contribution is 5.75. The van der Waals surface area contributed by atoms with Gasteiger partial charge in [0.15, 0.2) is 0 Å². The summed E-state index contributed by atoms with van der Waals surface area (Å²) >= 11 is 0. The predicted molar refractivity (Wildman–Crippen MR) is 83.3 cm³/mol. The van der Waals surface area contributed by atoms with E-state index < -0.39 is 5.97 Å². The van der Waals surface area contributed by atoms with Crippen LogP contribution in [0.15, 0.2) is 30.5 Å². The molecule has 0 amide bonds. The number of hydrogen-bond donors (Lipinski definition) is 2. The first-order valence-electron chi connectivity index (χ1n) is 7.36. The highest BCUT2D eigenvalue weighted by atomic mass is 16.4. The van der Waals surface area contributed by atoms with E-state index in [1.807, 2.05) is 24.3 Å². The smallest absolute Gasteiger partial charge is 0.303 e. The van der Waals surface area contributed by atoms with Gasteiger partial charge in [-0.2, -0.15) is 0 Å². The van der Waals surface area contributed by atoms with Gasteiger partial charge in [0.2, 0.25) is 0 Å². The van der Waals surface area contributed by atoms with Crippen LogP contribution >= 0.6 is 0 Å². The van der Waals surface area contributed by atoms with E-state index in [0.29, 0.717) is 5.92 Å². The first kappa shape index (κ1) is 15.2. The lowest BCUT2D eigenvalue weighted by molar-refractivity contribution is -0.137. The summed E-state index contributed by atoms with van der Waals surface area (Å²) in [6.45, 7) is 2.88. The summed E-state index contributed by atoms with van der Waals surface area (Å²) in [5.41, 5.74) is 1.76. The van der Waals surface area contributed by atoms with E-state index in [1.54, 1.807) is 6.20 Å². The Morgan fingerprint density at radius 1 is 1.29 bits per heavy atom. The molecular formula is C16H21N3O2. The molecule has 2 rings (SSSR count). The molecule has 0 saturated carbocycles. The second-order valence-electron chi connectivity index (χ2n) is 5.17. The zero-order chi connectivity index (χ0) is 15.1. The minimum absolute atomic E-state index is 0.244. The predicted octanol–water partition coefficient (Wildman–Crippen LogP) is 3.32. The molecule has 5 nitrogen and oxygen atoms in total. The van der Waals surface area contributed by atoms with Crippen molar-refractivity contribution in [2.75, 3.05) is 11.9 Å². The van der Waals surface area contributed by atoms with Gasteiger partial charge in [-0.05, 0) is 30.9 Å². The van der Waals surface area contributed by atoms with Gasteiger partial charge >= 0.3 is 5.97 Å². The van der Waals surface area contributed by atoms with Crippen molar-refractivity contribution in [2.24, 2.45) is 5.92 Å². The van der Waals surface area contributed by atoms with Crippen molar-refractivity contribution < 1.29 is 9.90 Å². The van der Waals surface area contributed by atoms with Crippen LogP contribution in [-0.2, 0) is 4.79 Å². The third kappa shape index (κ3) is 4.70. The molecule has 1 atom stereocenters. The molecule has 0 fully saturated rings. The molecule has 0 bridgehead atoms. The Morgan fingerprint density at radius 3 is 2.76 bits per heavy atom. The van der Waals surface area contributed by atoms with Crippen LogP contribution in [0.3, 0.4) is 0 Å². The maximum atomic E-state index is 10.6. The third-order valence-electron chi connectivity index (χ3n) is 3.65. The van der Waals surface area contributed by atoms with E-state index >= 15 is 0 Å². The number of anilines is 1. The number of aliphatic carboxylic acids is 1. The molecule has 0 aliphatic heterocycles. The van der Waals surface area contributed by atoms with Crippen LogP contribution in [0, 0.1) is 5.92 Å². The highest BCUT2D eigenvalue weighted by Crippen LogP contribution is 2.16. The van der Waals surface area contributed by atoms with E-state index in [2.05, 4.69) is 22.2 Å². The average molecular weight is 287 g/mol. The Balaban J connectivity index is 1.84. The number of para-hydroxylation sites is 2. The number of fused-ring (bicyclic) bond motifs is 1. The van der Waals surface area contributed by atoms with Crippen LogP contribution in [0.4, 0.5) is 5.82 Å². The number of carboxylic acid groups (broad SMARTS) is 1. The van der Waals surface area contributed by atoms with E-state index in [0.717, 1.165) is 42.7 Å². The summed E-state index contributed by atoms with van der Waals surface area (Å²) in [7, 11) is 0. The molecular weight excluding hydrogens is 266 g/mol. The molecule has 1 aromatic heterocycles. The lowest BCUT2D eigenvalue weighted by Crippen LogP contribution is -2.11. The van der Waals surface area contributed by atoms with Crippen LogP contribution in [0.2, 0.25) is 0 Å². The maximum Gasteiger partial charge on any atom is 0.303 e. The van der Waals surface area contributed by atoms with Crippen molar-refractivity contribution in [3.05, 3.63) is 30.5 Å². The molecule has 1 heterocycles. The second kappa shape index (κ2) is 7.57. The summed E-state index contributed by atoms with van der Waals surface area (Å²) in [5.74, 6) is 0.477. The minimum atomic E-state index is -0.721. The van der Waals surface area contributed by atoms with E-state index in [-0.39, 0.29) is 6.42 Å². The van der Waals surface area contributed by atoms with Gasteiger partial charge in [-0.15, -0.1) is 0 Å². The molecule has 2 N–H and O–H groups in total. The summed E-state index contributed by atoms with van der Waals surface area (Å²) < 4.78 is 0. The quantitative estimate of drug-likeness (QED) is 0.779. The van der Waals surface area contributed by atoms with Gasteiger partial charge < -0.3 is 10.4 Å². The van der Waals surface area contributed by atoms with E-state index in [9.17, 15) is 4.79 Å². The number of nitrogens with one attached hydrogen (secondary N) is 1. The van der Waals surface area contributed by atoms with E-state index in [1.165, 1.54) is 0 Å². The standard InChI is InChI=1S/C16H21N3O2/c1-2-12(7-8-16(20)21)9-10-17-15-11-18-13-5-3-4-6-14(13)19-15/h3-6,11-12H,2,7-10H2,1H3,(H,17,19)(H,20,21). The fourth-order valence-electron chi connectivity index (χ4n) is 2.33. The van der Waals surface area contributed by atoms with Crippen molar-refractivity contribution in [1.29, 1.82) is 0 Å². The molecule has 0 aliphatic carbocycles. The van der Waals surface area contributed by atoms with Gasteiger partial charge in [-0.3, -0.25) is 9.78 Å². The lowest BCUT2D eigenvalue weighted by Gasteiger charge is -2.14. The van der Waals surface area contributed by atoms with Gasteiger partial charge in [-0.1, -0.05) is 25.5 Å². The van der Waals surface area contributed by atoms with Gasteiger partial charge in [0.05, 0.1) is 17.2 Å². The lowest BCUT2D eigenvalue weighted by atomic mass is 9.97. The second-order valence-corrected chi connectivity index (χ2v) is 5.17. The van der Waals surface area contributed by atoms with Crippen molar-refractivity contribution in [2.45, 2.75) is 32.6 Å². The van der Waals surface area contributed by atoms with Crippen molar-refractivity contribution >= 4 is 22.8 Å². The monoisotopic (exact) mass is 287 g/mol. The first-order valence-corrected chi connectivity index (χ1v) is 7.36. The SMILES string of the molecule is CCC(CCNc1cnc2ccccc2n1)CCC(=O)O. The number of rotatable bonds is 8. The van der Waals surface area contributed by atoms with Gasteiger partial charge in [0, 0.05) is 13.0 Å². The largest absolute Gasteiger partial charge is 0.481 e. The molecule has 21 heavy (non-hydrogen) atoms. The Kier molecular flexibility index (Phi) is 5.49. The number of hydrogen-bond acceptors (Lipinski definition) is 4. The Morgan fingerprint density at radius 2 is 2.05 bits per heavy atom. The Bertz CT molecular complexity index is 601. The molecule has 0 aliphatic rings. The normalized spacial score (nSPS) is 12.2. The molecule has 0 saturated heterocycles. The number of carboxylic acids is 1. The van der Waals surface area contributed by atoms with Crippen molar-refractivity contribution in [1.82, 2.24) is 9.97 Å². The van der Waals surface area contributed by atoms with Crippen LogP contribution in [0.25, 0.3) is 11.0 Å². The minimum Gasteiger partial charge on any atom is -0.481 e. The molecule has 2 aromatic rings. The molecule has 1 aromatic carbocycles. The van der Waals surface area contributed by atoms with Crippen LogP contribution in [0.5, 0.6) is 0 Å². The van der Waals surface area contributed by atoms with Crippen molar-refractivity contribution in [3.63, 3.8) is 0 Å². The van der Waals surface area contributed by atoms with Gasteiger partial charge in [0.1, 0.15) is 5.82 Å². The molecule has 1 unspecified atom stereocenters. The average Bonchev–Trinajstić information content (AvgIpc) is 2.50. The Hall–Kier alpha value is -2.17. The Labute approximate surface area is 124 Å². The molecule has 112 valence electrons. The fraction of sp³-hybridized carbons (Fsp3) is 0.438.